The summed E-state index contributed by atoms with van der Waals surface area (Å²) in [6, 6.07) is 8.23. The molecule has 6 rings (SSSR count). The maximum absolute atomic E-state index is 13.7. The number of aromatic nitrogens is 4. The number of carbonyl (C=O) groups excluding carboxylic acids is 1. The minimum absolute atomic E-state index is 0.0596. The van der Waals surface area contributed by atoms with Crippen molar-refractivity contribution >= 4 is 11.9 Å². The Labute approximate surface area is 238 Å². The lowest BCUT2D eigenvalue weighted by Gasteiger charge is -2.35. The first kappa shape index (κ1) is 27.7. The maximum Gasteiger partial charge on any atom is 0.230 e. The molecule has 2 aromatic heterocycles. The zero-order chi connectivity index (χ0) is 28.2. The van der Waals surface area contributed by atoms with Crippen LogP contribution in [0.2, 0.25) is 0 Å². The van der Waals surface area contributed by atoms with Gasteiger partial charge in [-0.25, -0.2) is 19.3 Å². The second-order valence-electron chi connectivity index (χ2n) is 11.1. The van der Waals surface area contributed by atoms with Gasteiger partial charge in [0.05, 0.1) is 41.8 Å². The van der Waals surface area contributed by atoms with Gasteiger partial charge in [-0.15, -0.1) is 0 Å². The second kappa shape index (κ2) is 12.2. The molecule has 0 radical (unpaired) electrons. The lowest BCUT2D eigenvalue weighted by atomic mass is 9.91. The van der Waals surface area contributed by atoms with Crippen LogP contribution in [0.3, 0.4) is 0 Å². The third-order valence-corrected chi connectivity index (χ3v) is 7.82. The SMILES string of the molecule is CC1(C(=O)NCC2CCCO2)COC(c2nc(-c3ccc(F)cc3)c(-c3ccnc(NC4CCNCC4)n3)[nH]2)OC1. The van der Waals surface area contributed by atoms with Crippen LogP contribution < -0.4 is 16.0 Å². The standard InChI is InChI=1S/C29H36FN7O4/c1-29(27(38)33-15-21-3-2-14-39-21)16-40-26(41-17-29)25-36-23(18-4-6-19(30)7-5-18)24(37-25)22-10-13-32-28(35-22)34-20-8-11-31-12-9-20/h4-7,10,13,20-21,26,31H,2-3,8-9,11-12,14-17H2,1H3,(H,33,38)(H,36,37)(H,32,34,35). The molecule has 3 aromatic rings. The monoisotopic (exact) mass is 565 g/mol. The zero-order valence-corrected chi connectivity index (χ0v) is 23.1. The largest absolute Gasteiger partial charge is 0.376 e. The fourth-order valence-electron chi connectivity index (χ4n) is 5.34. The predicted molar refractivity (Wildman–Crippen MR) is 149 cm³/mol. The summed E-state index contributed by atoms with van der Waals surface area (Å²) in [6.07, 6.45) is 4.90. The molecule has 1 unspecified atom stereocenters. The molecule has 1 amide bonds. The van der Waals surface area contributed by atoms with Crippen LogP contribution in [-0.4, -0.2) is 77.4 Å². The number of H-pyrrole nitrogens is 1. The molecule has 41 heavy (non-hydrogen) atoms. The van der Waals surface area contributed by atoms with E-state index >= 15 is 0 Å². The number of ether oxygens (including phenoxy) is 3. The van der Waals surface area contributed by atoms with Gasteiger partial charge in [-0.1, -0.05) is 0 Å². The molecule has 12 heteroatoms. The number of hydrogen-bond acceptors (Lipinski definition) is 9. The molecule has 5 heterocycles. The van der Waals surface area contributed by atoms with Crippen molar-refractivity contribution in [2.24, 2.45) is 5.41 Å². The van der Waals surface area contributed by atoms with Crippen molar-refractivity contribution in [2.75, 3.05) is 44.8 Å². The highest BCUT2D eigenvalue weighted by Crippen LogP contribution is 2.35. The van der Waals surface area contributed by atoms with E-state index in [9.17, 15) is 9.18 Å². The van der Waals surface area contributed by atoms with Crippen molar-refractivity contribution < 1.29 is 23.4 Å². The minimum atomic E-state index is -0.841. The number of hydrogen-bond donors (Lipinski definition) is 4. The minimum Gasteiger partial charge on any atom is -0.376 e. The highest BCUT2D eigenvalue weighted by molar-refractivity contribution is 5.82. The Morgan fingerprint density at radius 1 is 1.07 bits per heavy atom. The summed E-state index contributed by atoms with van der Waals surface area (Å²) in [5.41, 5.74) is 1.72. The summed E-state index contributed by atoms with van der Waals surface area (Å²) >= 11 is 0. The van der Waals surface area contributed by atoms with E-state index in [1.165, 1.54) is 12.1 Å². The van der Waals surface area contributed by atoms with Crippen LogP contribution in [0.4, 0.5) is 10.3 Å². The second-order valence-corrected chi connectivity index (χ2v) is 11.1. The normalized spacial score (nSPS) is 25.2. The van der Waals surface area contributed by atoms with Crippen LogP contribution in [0.25, 0.3) is 22.6 Å². The highest BCUT2D eigenvalue weighted by atomic mass is 19.1. The van der Waals surface area contributed by atoms with E-state index in [-0.39, 0.29) is 31.0 Å². The molecule has 218 valence electrons. The first-order valence-corrected chi connectivity index (χ1v) is 14.3. The summed E-state index contributed by atoms with van der Waals surface area (Å²) in [5, 5.41) is 9.78. The van der Waals surface area contributed by atoms with Crippen molar-refractivity contribution in [1.29, 1.82) is 0 Å². The van der Waals surface area contributed by atoms with Gasteiger partial charge >= 0.3 is 0 Å². The van der Waals surface area contributed by atoms with Crippen molar-refractivity contribution in [3.63, 3.8) is 0 Å². The molecule has 0 aliphatic carbocycles. The van der Waals surface area contributed by atoms with Crippen LogP contribution in [0.1, 0.15) is 44.7 Å². The zero-order valence-electron chi connectivity index (χ0n) is 23.1. The summed E-state index contributed by atoms with van der Waals surface area (Å²) < 4.78 is 31.4. The van der Waals surface area contributed by atoms with Gasteiger partial charge in [-0.3, -0.25) is 4.79 Å². The molecule has 4 N–H and O–H groups in total. The fourth-order valence-corrected chi connectivity index (χ4v) is 5.34. The van der Waals surface area contributed by atoms with Gasteiger partial charge in [-0.2, -0.15) is 0 Å². The number of carbonyl (C=O) groups is 1. The molecule has 3 aliphatic heterocycles. The van der Waals surface area contributed by atoms with Crippen molar-refractivity contribution in [3.8, 4) is 22.6 Å². The van der Waals surface area contributed by atoms with Gasteiger partial charge in [0.15, 0.2) is 5.82 Å². The summed E-state index contributed by atoms with van der Waals surface area (Å²) in [7, 11) is 0. The van der Waals surface area contributed by atoms with E-state index in [4.69, 9.17) is 24.2 Å². The Bertz CT molecular complexity index is 1330. The molecular weight excluding hydrogens is 529 g/mol. The number of aromatic amines is 1. The molecule has 0 saturated carbocycles. The number of nitrogens with one attached hydrogen (secondary N) is 4. The smallest absolute Gasteiger partial charge is 0.230 e. The van der Waals surface area contributed by atoms with E-state index in [2.05, 4.69) is 25.9 Å². The number of amides is 1. The van der Waals surface area contributed by atoms with Crippen molar-refractivity contribution in [3.05, 3.63) is 48.2 Å². The van der Waals surface area contributed by atoms with Crippen molar-refractivity contribution in [1.82, 2.24) is 30.6 Å². The quantitative estimate of drug-likeness (QED) is 0.325. The predicted octanol–water partition coefficient (Wildman–Crippen LogP) is 3.18. The number of anilines is 1. The van der Waals surface area contributed by atoms with Gasteiger partial charge < -0.3 is 35.1 Å². The molecule has 11 nitrogen and oxygen atoms in total. The lowest BCUT2D eigenvalue weighted by molar-refractivity contribution is -0.231. The van der Waals surface area contributed by atoms with Gasteiger partial charge in [0.1, 0.15) is 5.82 Å². The number of halogens is 1. The van der Waals surface area contributed by atoms with Gasteiger partial charge in [-0.05, 0) is 76.0 Å². The Morgan fingerprint density at radius 2 is 1.85 bits per heavy atom. The highest BCUT2D eigenvalue weighted by Gasteiger charge is 2.41. The summed E-state index contributed by atoms with van der Waals surface area (Å²) in [4.78, 5) is 30.3. The van der Waals surface area contributed by atoms with E-state index in [1.54, 1.807) is 24.4 Å². The van der Waals surface area contributed by atoms with Crippen LogP contribution in [0, 0.1) is 11.2 Å². The summed E-state index contributed by atoms with van der Waals surface area (Å²) in [5.74, 6) is 0.504. The molecule has 3 aliphatic rings. The Kier molecular flexibility index (Phi) is 8.24. The molecule has 3 saturated heterocycles. The summed E-state index contributed by atoms with van der Waals surface area (Å²) in [6.45, 7) is 5.27. The van der Waals surface area contributed by atoms with E-state index in [0.717, 1.165) is 45.4 Å². The maximum atomic E-state index is 13.7. The molecule has 1 atom stereocenters. The average Bonchev–Trinajstić information content (AvgIpc) is 3.68. The Balaban J connectivity index is 1.21. The first-order chi connectivity index (χ1) is 20.0. The van der Waals surface area contributed by atoms with Crippen LogP contribution in [0.15, 0.2) is 36.5 Å². The molecular formula is C29H36FN7O4. The number of rotatable bonds is 8. The molecule has 1 aromatic carbocycles. The van der Waals surface area contributed by atoms with Gasteiger partial charge in [0.2, 0.25) is 18.1 Å². The number of benzene rings is 1. The Hall–Kier alpha value is -3.45. The number of piperidine rings is 1. The van der Waals surface area contributed by atoms with E-state index < -0.39 is 11.7 Å². The van der Waals surface area contributed by atoms with E-state index in [1.807, 2.05) is 6.92 Å². The van der Waals surface area contributed by atoms with Gasteiger partial charge in [0, 0.05) is 31.0 Å². The molecule has 0 spiro atoms. The van der Waals surface area contributed by atoms with E-state index in [0.29, 0.717) is 47.0 Å². The fraction of sp³-hybridized carbons (Fsp3) is 0.517. The van der Waals surface area contributed by atoms with Crippen LogP contribution in [-0.2, 0) is 19.0 Å². The number of nitrogens with zero attached hydrogens (tertiary/aromatic N) is 3. The van der Waals surface area contributed by atoms with Crippen LogP contribution >= 0.6 is 0 Å². The average molecular weight is 566 g/mol. The third-order valence-electron chi connectivity index (χ3n) is 7.82. The molecule has 0 bridgehead atoms. The third kappa shape index (κ3) is 6.40. The number of imidazole rings is 1. The van der Waals surface area contributed by atoms with Crippen LogP contribution in [0.5, 0.6) is 0 Å². The topological polar surface area (TPSA) is 135 Å². The van der Waals surface area contributed by atoms with Crippen molar-refractivity contribution in [2.45, 2.75) is 51.0 Å². The first-order valence-electron chi connectivity index (χ1n) is 14.3. The molecule has 3 fully saturated rings. The Morgan fingerprint density at radius 3 is 2.59 bits per heavy atom. The lowest BCUT2D eigenvalue weighted by Crippen LogP contribution is -2.49. The van der Waals surface area contributed by atoms with Gasteiger partial charge in [0.25, 0.3) is 0 Å².